The first-order valence-electron chi connectivity index (χ1n) is 6.56. The smallest absolute Gasteiger partial charge is 0.324 e. The molecule has 2 aromatic rings. The molecule has 22 heavy (non-hydrogen) atoms. The van der Waals surface area contributed by atoms with E-state index < -0.39 is 12.0 Å². The molecule has 6 nitrogen and oxygen atoms in total. The molecule has 0 bridgehead atoms. The van der Waals surface area contributed by atoms with E-state index in [2.05, 4.69) is 0 Å². The number of hydrogen-bond donors (Lipinski definition) is 2. The Bertz CT molecular complexity index is 686. The number of aliphatic carboxylic acids is 1. The molecule has 3 N–H and O–H groups in total. The molecular formula is C16H16N2O4. The van der Waals surface area contributed by atoms with E-state index >= 15 is 0 Å². The maximum absolute atomic E-state index is 11.8. The normalized spacial score (nSPS) is 10.0. The van der Waals surface area contributed by atoms with Crippen LogP contribution in [-0.4, -0.2) is 24.2 Å². The standard InChI is InChI=1S/C16H16N2O4/c1-22-14-9-11(10-15(19)20)7-8-13(14)18(16(17)21)12-5-3-2-4-6-12/h2-9H,10H2,1H3,(H2,17,21)(H,19,20). The van der Waals surface area contributed by atoms with Crippen molar-refractivity contribution in [3.8, 4) is 5.75 Å². The topological polar surface area (TPSA) is 92.9 Å². The van der Waals surface area contributed by atoms with Crippen LogP contribution < -0.4 is 15.4 Å². The number of hydrogen-bond acceptors (Lipinski definition) is 3. The monoisotopic (exact) mass is 300 g/mol. The van der Waals surface area contributed by atoms with E-state index in [1.165, 1.54) is 12.0 Å². The Balaban J connectivity index is 2.48. The number of benzene rings is 2. The predicted octanol–water partition coefficient (Wildman–Crippen LogP) is 2.54. The van der Waals surface area contributed by atoms with Crippen molar-refractivity contribution in [1.29, 1.82) is 0 Å². The average Bonchev–Trinajstić information content (AvgIpc) is 2.49. The van der Waals surface area contributed by atoms with Gasteiger partial charge in [0.15, 0.2) is 0 Å². The first-order valence-corrected chi connectivity index (χ1v) is 6.56. The van der Waals surface area contributed by atoms with E-state index in [1.54, 1.807) is 42.5 Å². The Morgan fingerprint density at radius 3 is 2.41 bits per heavy atom. The molecule has 6 heteroatoms. The van der Waals surface area contributed by atoms with Crippen LogP contribution in [0.25, 0.3) is 0 Å². The van der Waals surface area contributed by atoms with E-state index in [1.807, 2.05) is 6.07 Å². The summed E-state index contributed by atoms with van der Waals surface area (Å²) in [7, 11) is 1.45. The Hall–Kier alpha value is -3.02. The number of carboxylic acids is 1. The fraction of sp³-hybridized carbons (Fsp3) is 0.125. The molecule has 114 valence electrons. The molecule has 0 aromatic heterocycles. The Morgan fingerprint density at radius 2 is 1.86 bits per heavy atom. The quantitative estimate of drug-likeness (QED) is 0.887. The zero-order valence-electron chi connectivity index (χ0n) is 12.0. The number of carbonyl (C=O) groups is 2. The van der Waals surface area contributed by atoms with Crippen molar-refractivity contribution in [2.75, 3.05) is 12.0 Å². The minimum absolute atomic E-state index is 0.126. The maximum atomic E-state index is 11.8. The van der Waals surface area contributed by atoms with E-state index in [0.29, 0.717) is 22.7 Å². The van der Waals surface area contributed by atoms with Gasteiger partial charge >= 0.3 is 12.0 Å². The van der Waals surface area contributed by atoms with Crippen LogP contribution in [0.2, 0.25) is 0 Å². The first-order chi connectivity index (χ1) is 10.5. The molecule has 0 unspecified atom stereocenters. The molecule has 2 amide bonds. The second-order valence-electron chi connectivity index (χ2n) is 4.59. The van der Waals surface area contributed by atoms with Crippen LogP contribution >= 0.6 is 0 Å². The minimum Gasteiger partial charge on any atom is -0.495 e. The summed E-state index contributed by atoms with van der Waals surface area (Å²) in [5.74, 6) is -0.564. The van der Waals surface area contributed by atoms with Gasteiger partial charge in [-0.15, -0.1) is 0 Å². The van der Waals surface area contributed by atoms with Gasteiger partial charge in [0.2, 0.25) is 0 Å². The van der Waals surface area contributed by atoms with Gasteiger partial charge < -0.3 is 15.6 Å². The third kappa shape index (κ3) is 3.35. The van der Waals surface area contributed by atoms with Crippen LogP contribution in [0.3, 0.4) is 0 Å². The highest BCUT2D eigenvalue weighted by molar-refractivity contribution is 5.99. The molecule has 0 fully saturated rings. The number of carboxylic acid groups (broad SMARTS) is 1. The highest BCUT2D eigenvalue weighted by Gasteiger charge is 2.19. The number of urea groups is 1. The molecule has 0 saturated heterocycles. The predicted molar refractivity (Wildman–Crippen MR) is 82.5 cm³/mol. The van der Waals surface area contributed by atoms with E-state index in [-0.39, 0.29) is 6.42 Å². The highest BCUT2D eigenvalue weighted by atomic mass is 16.5. The number of methoxy groups -OCH3 is 1. The lowest BCUT2D eigenvalue weighted by Crippen LogP contribution is -2.31. The highest BCUT2D eigenvalue weighted by Crippen LogP contribution is 2.34. The number of primary amides is 1. The largest absolute Gasteiger partial charge is 0.495 e. The number of anilines is 2. The molecular weight excluding hydrogens is 284 g/mol. The summed E-state index contributed by atoms with van der Waals surface area (Å²) in [5.41, 5.74) is 7.11. The van der Waals surface area contributed by atoms with Crippen LogP contribution in [0.5, 0.6) is 5.75 Å². The number of nitrogens with zero attached hydrogens (tertiary/aromatic N) is 1. The summed E-state index contributed by atoms with van der Waals surface area (Å²) in [5, 5.41) is 8.85. The zero-order chi connectivity index (χ0) is 16.1. The van der Waals surface area contributed by atoms with Gasteiger partial charge in [-0.3, -0.25) is 9.69 Å². The van der Waals surface area contributed by atoms with Gasteiger partial charge in [0.25, 0.3) is 0 Å². The zero-order valence-corrected chi connectivity index (χ0v) is 12.0. The summed E-state index contributed by atoms with van der Waals surface area (Å²) >= 11 is 0. The van der Waals surface area contributed by atoms with Crippen molar-refractivity contribution in [3.05, 3.63) is 54.1 Å². The molecule has 0 atom stereocenters. The molecule has 0 spiro atoms. The molecule has 0 aliphatic heterocycles. The lowest BCUT2D eigenvalue weighted by molar-refractivity contribution is -0.136. The van der Waals surface area contributed by atoms with Crippen molar-refractivity contribution in [1.82, 2.24) is 0 Å². The van der Waals surface area contributed by atoms with Crippen molar-refractivity contribution < 1.29 is 19.4 Å². The molecule has 2 rings (SSSR count). The molecule has 0 aliphatic rings. The molecule has 0 heterocycles. The molecule has 2 aromatic carbocycles. The molecule has 0 aliphatic carbocycles. The molecule has 0 radical (unpaired) electrons. The third-order valence-electron chi connectivity index (χ3n) is 3.08. The van der Waals surface area contributed by atoms with Gasteiger partial charge in [-0.1, -0.05) is 24.3 Å². The number of carbonyl (C=O) groups excluding carboxylic acids is 1. The van der Waals surface area contributed by atoms with Crippen LogP contribution in [-0.2, 0) is 11.2 Å². The fourth-order valence-electron chi connectivity index (χ4n) is 2.15. The van der Waals surface area contributed by atoms with E-state index in [4.69, 9.17) is 15.6 Å². The van der Waals surface area contributed by atoms with Crippen LogP contribution in [0.15, 0.2) is 48.5 Å². The number of rotatable bonds is 5. The van der Waals surface area contributed by atoms with Gasteiger partial charge in [-0.25, -0.2) is 4.79 Å². The fourth-order valence-corrected chi connectivity index (χ4v) is 2.15. The van der Waals surface area contributed by atoms with Crippen LogP contribution in [0, 0.1) is 0 Å². The maximum Gasteiger partial charge on any atom is 0.324 e. The summed E-state index contributed by atoms with van der Waals surface area (Å²) in [6.45, 7) is 0. The van der Waals surface area contributed by atoms with Gasteiger partial charge in [0.05, 0.1) is 24.9 Å². The van der Waals surface area contributed by atoms with Crippen LogP contribution in [0.1, 0.15) is 5.56 Å². The summed E-state index contributed by atoms with van der Waals surface area (Å²) in [6.07, 6.45) is -0.126. The van der Waals surface area contributed by atoms with Crippen molar-refractivity contribution in [2.24, 2.45) is 5.73 Å². The van der Waals surface area contributed by atoms with Gasteiger partial charge in [-0.05, 0) is 29.8 Å². The van der Waals surface area contributed by atoms with Crippen molar-refractivity contribution >= 4 is 23.4 Å². The van der Waals surface area contributed by atoms with Crippen molar-refractivity contribution in [3.63, 3.8) is 0 Å². The Kier molecular flexibility index (Phi) is 4.63. The van der Waals surface area contributed by atoms with Gasteiger partial charge in [0, 0.05) is 0 Å². The Morgan fingerprint density at radius 1 is 1.18 bits per heavy atom. The lowest BCUT2D eigenvalue weighted by Gasteiger charge is -2.23. The Labute approximate surface area is 127 Å². The van der Waals surface area contributed by atoms with Gasteiger partial charge in [-0.2, -0.15) is 0 Å². The average molecular weight is 300 g/mol. The number of amides is 2. The third-order valence-corrected chi connectivity index (χ3v) is 3.08. The van der Waals surface area contributed by atoms with E-state index in [9.17, 15) is 9.59 Å². The number of ether oxygens (including phenoxy) is 1. The molecule has 0 saturated carbocycles. The summed E-state index contributed by atoms with van der Waals surface area (Å²) in [4.78, 5) is 23.9. The van der Waals surface area contributed by atoms with Crippen molar-refractivity contribution in [2.45, 2.75) is 6.42 Å². The second kappa shape index (κ2) is 6.62. The SMILES string of the molecule is COc1cc(CC(=O)O)ccc1N(C(N)=O)c1ccccc1. The summed E-state index contributed by atoms with van der Waals surface area (Å²) in [6, 6.07) is 13.1. The first kappa shape index (κ1) is 15.4. The van der Waals surface area contributed by atoms with Crippen LogP contribution in [0.4, 0.5) is 16.2 Å². The second-order valence-corrected chi connectivity index (χ2v) is 4.59. The minimum atomic E-state index is -0.940. The lowest BCUT2D eigenvalue weighted by atomic mass is 10.1. The summed E-state index contributed by atoms with van der Waals surface area (Å²) < 4.78 is 5.28. The number of nitrogens with two attached hydrogens (primary N) is 1. The van der Waals surface area contributed by atoms with E-state index in [0.717, 1.165) is 0 Å². The van der Waals surface area contributed by atoms with Gasteiger partial charge in [0.1, 0.15) is 5.75 Å². The number of para-hydroxylation sites is 1.